The number of hydrogen-bond donors (Lipinski definition) is 1. The van der Waals surface area contributed by atoms with Gasteiger partial charge in [0.15, 0.2) is 5.43 Å². The fraction of sp³-hybridized carbons (Fsp3) is 0.158. The van der Waals surface area contributed by atoms with Crippen molar-refractivity contribution in [2.75, 3.05) is 12.4 Å². The van der Waals surface area contributed by atoms with E-state index < -0.39 is 11.4 Å². The van der Waals surface area contributed by atoms with E-state index in [4.69, 9.17) is 4.42 Å². The molecule has 0 aliphatic rings. The van der Waals surface area contributed by atoms with Crippen molar-refractivity contribution < 1.29 is 18.7 Å². The number of methoxy groups -OCH3 is 1. The van der Waals surface area contributed by atoms with Crippen molar-refractivity contribution in [2.24, 2.45) is 0 Å². The number of amides is 1. The van der Waals surface area contributed by atoms with Crippen LogP contribution in [0.3, 0.4) is 0 Å². The smallest absolute Gasteiger partial charge is 0.374 e. The number of esters is 1. The second-order valence-electron chi connectivity index (χ2n) is 6.29. The minimum atomic E-state index is -0.742. The Morgan fingerprint density at radius 1 is 1.30 bits per heavy atom. The Morgan fingerprint density at radius 3 is 2.87 bits per heavy atom. The third-order valence-corrected chi connectivity index (χ3v) is 5.09. The van der Waals surface area contributed by atoms with Crippen LogP contribution in [0, 0.1) is 0 Å². The van der Waals surface area contributed by atoms with Crippen LogP contribution >= 0.6 is 11.3 Å². The molecule has 0 aliphatic heterocycles. The van der Waals surface area contributed by atoms with E-state index in [0.29, 0.717) is 5.69 Å². The Kier molecular flexibility index (Phi) is 5.35. The molecule has 1 unspecified atom stereocenters. The molecule has 1 aromatic carbocycles. The fourth-order valence-electron chi connectivity index (χ4n) is 2.96. The summed E-state index contributed by atoms with van der Waals surface area (Å²) >= 11 is 1.51. The van der Waals surface area contributed by atoms with E-state index in [1.807, 2.05) is 16.8 Å². The number of nitrogens with zero attached hydrogens (tertiary/aromatic N) is 4. The number of thiophene rings is 1. The van der Waals surface area contributed by atoms with Crippen LogP contribution in [0.1, 0.15) is 28.6 Å². The number of nitrogens with one attached hydrogen (secondary N) is 1. The summed E-state index contributed by atoms with van der Waals surface area (Å²) in [6, 6.07) is 7.20. The zero-order valence-corrected chi connectivity index (χ0v) is 16.5. The van der Waals surface area contributed by atoms with Gasteiger partial charge in [-0.1, -0.05) is 0 Å². The molecule has 30 heavy (non-hydrogen) atoms. The Hall–Kier alpha value is -3.86. The summed E-state index contributed by atoms with van der Waals surface area (Å²) in [5, 5.41) is 18.0. The van der Waals surface area contributed by atoms with Gasteiger partial charge in [0.25, 0.3) is 0 Å². The first kappa shape index (κ1) is 19.5. The third-order valence-electron chi connectivity index (χ3n) is 4.39. The van der Waals surface area contributed by atoms with E-state index in [-0.39, 0.29) is 35.1 Å². The normalized spacial score (nSPS) is 11.9. The number of tetrazole rings is 1. The zero-order chi connectivity index (χ0) is 21.1. The van der Waals surface area contributed by atoms with Crippen LogP contribution in [0.15, 0.2) is 56.6 Å². The van der Waals surface area contributed by atoms with Crippen LogP contribution in [0.5, 0.6) is 0 Å². The molecule has 3 heterocycles. The molecule has 4 aromatic rings. The maximum atomic E-state index is 12.7. The summed E-state index contributed by atoms with van der Waals surface area (Å²) in [4.78, 5) is 36.6. The van der Waals surface area contributed by atoms with Gasteiger partial charge in [0.05, 0.1) is 25.0 Å². The molecule has 0 radical (unpaired) electrons. The van der Waals surface area contributed by atoms with Gasteiger partial charge in [0, 0.05) is 11.8 Å². The Balaban J connectivity index is 1.56. The van der Waals surface area contributed by atoms with Gasteiger partial charge in [-0.05, 0) is 51.0 Å². The number of carbonyl (C=O) groups excluding carboxylic acids is 2. The van der Waals surface area contributed by atoms with Crippen LogP contribution in [0.2, 0.25) is 0 Å². The van der Waals surface area contributed by atoms with E-state index in [1.54, 1.807) is 6.07 Å². The summed E-state index contributed by atoms with van der Waals surface area (Å²) < 4.78 is 11.5. The van der Waals surface area contributed by atoms with Gasteiger partial charge in [-0.2, -0.15) is 11.3 Å². The predicted octanol–water partition coefficient (Wildman–Crippen LogP) is 2.25. The number of carbonyl (C=O) groups is 2. The number of anilines is 1. The molecule has 1 N–H and O–H groups in total. The molecular weight excluding hydrogens is 410 g/mol. The Morgan fingerprint density at radius 2 is 2.17 bits per heavy atom. The van der Waals surface area contributed by atoms with Gasteiger partial charge < -0.3 is 14.5 Å². The number of fused-ring (bicyclic) bond motifs is 1. The molecule has 0 saturated heterocycles. The lowest BCUT2D eigenvalue weighted by Crippen LogP contribution is -2.20. The molecule has 0 saturated carbocycles. The van der Waals surface area contributed by atoms with Crippen molar-refractivity contribution in [3.05, 3.63) is 69.0 Å². The summed E-state index contributed by atoms with van der Waals surface area (Å²) in [5.41, 5.74) is 1.13. The maximum absolute atomic E-state index is 12.7. The molecule has 0 aliphatic carbocycles. The Bertz CT molecular complexity index is 1220. The molecule has 1 amide bonds. The summed E-state index contributed by atoms with van der Waals surface area (Å²) in [6.45, 7) is 0. The lowest BCUT2D eigenvalue weighted by atomic mass is 10.1. The van der Waals surface area contributed by atoms with E-state index in [2.05, 4.69) is 25.6 Å². The van der Waals surface area contributed by atoms with Crippen LogP contribution in [0.4, 0.5) is 5.69 Å². The first-order valence-corrected chi connectivity index (χ1v) is 9.70. The summed E-state index contributed by atoms with van der Waals surface area (Å²) in [6.07, 6.45) is 1.55. The highest BCUT2D eigenvalue weighted by Gasteiger charge is 2.20. The van der Waals surface area contributed by atoms with Crippen molar-refractivity contribution in [3.63, 3.8) is 0 Å². The minimum absolute atomic E-state index is 0.0930. The topological polar surface area (TPSA) is 129 Å². The second-order valence-corrected chi connectivity index (χ2v) is 7.07. The van der Waals surface area contributed by atoms with Crippen LogP contribution < -0.4 is 10.7 Å². The van der Waals surface area contributed by atoms with Crippen molar-refractivity contribution in [1.82, 2.24) is 20.2 Å². The van der Waals surface area contributed by atoms with E-state index in [1.165, 1.54) is 41.6 Å². The largest absolute Gasteiger partial charge is 0.463 e. The van der Waals surface area contributed by atoms with E-state index in [0.717, 1.165) is 11.6 Å². The van der Waals surface area contributed by atoms with Crippen molar-refractivity contribution in [3.8, 4) is 0 Å². The van der Waals surface area contributed by atoms with Crippen molar-refractivity contribution in [1.29, 1.82) is 0 Å². The van der Waals surface area contributed by atoms with Crippen LogP contribution in [-0.4, -0.2) is 39.2 Å². The summed E-state index contributed by atoms with van der Waals surface area (Å²) in [7, 11) is 1.20. The lowest BCUT2D eigenvalue weighted by molar-refractivity contribution is -0.116. The monoisotopic (exact) mass is 425 g/mol. The molecule has 3 aromatic heterocycles. The summed E-state index contributed by atoms with van der Waals surface area (Å²) in [5.74, 6) is -1.21. The molecule has 1 atom stereocenters. The molecule has 4 rings (SSSR count). The van der Waals surface area contributed by atoms with E-state index in [9.17, 15) is 14.4 Å². The van der Waals surface area contributed by atoms with Crippen LogP contribution in [-0.2, 0) is 9.53 Å². The average molecular weight is 425 g/mol. The Labute approximate surface area is 173 Å². The molecule has 0 spiro atoms. The van der Waals surface area contributed by atoms with Gasteiger partial charge >= 0.3 is 5.97 Å². The first-order chi connectivity index (χ1) is 14.5. The highest BCUT2D eigenvalue weighted by molar-refractivity contribution is 7.08. The number of benzene rings is 1. The standard InChI is InChI=1S/C19H15N5O5S/c1-28-19(27)17-8-15(25)13-6-12(2-3-16(13)29-17)21-18(26)7-14(11-4-5-30-9-11)24-10-20-22-23-24/h2-6,8-10,14H,7H2,1H3,(H,21,26). The fourth-order valence-corrected chi connectivity index (χ4v) is 3.67. The molecule has 11 heteroatoms. The van der Waals surface area contributed by atoms with Gasteiger partial charge in [-0.15, -0.1) is 5.10 Å². The molecule has 10 nitrogen and oxygen atoms in total. The third kappa shape index (κ3) is 3.96. The highest BCUT2D eigenvalue weighted by atomic mass is 32.1. The minimum Gasteiger partial charge on any atom is -0.463 e. The number of ether oxygens (including phenoxy) is 1. The number of rotatable bonds is 6. The number of hydrogen-bond acceptors (Lipinski definition) is 9. The molecular formula is C19H15N5O5S. The molecule has 152 valence electrons. The zero-order valence-electron chi connectivity index (χ0n) is 15.6. The highest BCUT2D eigenvalue weighted by Crippen LogP contribution is 2.24. The predicted molar refractivity (Wildman–Crippen MR) is 107 cm³/mol. The SMILES string of the molecule is COC(=O)c1cc(=O)c2cc(NC(=O)CC(c3ccsc3)n3cnnn3)ccc2o1. The van der Waals surface area contributed by atoms with Gasteiger partial charge in [-0.25, -0.2) is 9.48 Å². The van der Waals surface area contributed by atoms with Gasteiger partial charge in [0.2, 0.25) is 11.7 Å². The van der Waals surface area contributed by atoms with Gasteiger partial charge in [-0.3, -0.25) is 9.59 Å². The second kappa shape index (κ2) is 8.25. The van der Waals surface area contributed by atoms with Gasteiger partial charge in [0.1, 0.15) is 11.9 Å². The lowest BCUT2D eigenvalue weighted by Gasteiger charge is -2.15. The van der Waals surface area contributed by atoms with Crippen molar-refractivity contribution in [2.45, 2.75) is 12.5 Å². The van der Waals surface area contributed by atoms with Crippen molar-refractivity contribution >= 4 is 39.9 Å². The molecule has 0 fully saturated rings. The first-order valence-electron chi connectivity index (χ1n) is 8.76. The molecule has 0 bridgehead atoms. The maximum Gasteiger partial charge on any atom is 0.374 e. The van der Waals surface area contributed by atoms with Crippen LogP contribution in [0.25, 0.3) is 11.0 Å². The average Bonchev–Trinajstić information content (AvgIpc) is 3.46. The quantitative estimate of drug-likeness (QED) is 0.466. The number of aromatic nitrogens is 4. The van der Waals surface area contributed by atoms with E-state index >= 15 is 0 Å².